The Kier molecular flexibility index (Phi) is 9.44. The predicted molar refractivity (Wildman–Crippen MR) is 136 cm³/mol. The molecule has 2 heterocycles. The average Bonchev–Trinajstić information content (AvgIpc) is 2.72. The van der Waals surface area contributed by atoms with Gasteiger partial charge in [-0.05, 0) is 51.3 Å². The molecule has 180 valence electrons. The van der Waals surface area contributed by atoms with Crippen LogP contribution >= 0.6 is 24.0 Å². The SMILES string of the molecule is CN=C(NCC1(c2ccc(OC)cc2)CCOCC1)NC1CN(C(=O)OC(C)(C)C)C1.I. The second-order valence-corrected chi connectivity index (χ2v) is 9.27. The van der Waals surface area contributed by atoms with Gasteiger partial charge in [-0.25, -0.2) is 4.79 Å². The molecule has 0 radical (unpaired) electrons. The van der Waals surface area contributed by atoms with E-state index in [2.05, 4.69) is 27.8 Å². The lowest BCUT2D eigenvalue weighted by Crippen LogP contribution is -2.63. The maximum atomic E-state index is 12.1. The van der Waals surface area contributed by atoms with Crippen molar-refractivity contribution in [2.24, 2.45) is 4.99 Å². The molecule has 8 nitrogen and oxygen atoms in total. The Morgan fingerprint density at radius 3 is 2.38 bits per heavy atom. The third-order valence-corrected chi connectivity index (χ3v) is 5.84. The second kappa shape index (κ2) is 11.4. The summed E-state index contributed by atoms with van der Waals surface area (Å²) in [6.45, 7) is 9.08. The van der Waals surface area contributed by atoms with Crippen LogP contribution in [0.3, 0.4) is 0 Å². The first-order chi connectivity index (χ1) is 14.7. The molecule has 0 unspecified atom stereocenters. The van der Waals surface area contributed by atoms with Crippen LogP contribution in [0.2, 0.25) is 0 Å². The van der Waals surface area contributed by atoms with Crippen LogP contribution in [0.15, 0.2) is 29.3 Å². The number of benzene rings is 1. The van der Waals surface area contributed by atoms with Crippen LogP contribution in [0.1, 0.15) is 39.2 Å². The minimum absolute atomic E-state index is 0. The smallest absolute Gasteiger partial charge is 0.410 e. The number of halogens is 1. The highest BCUT2D eigenvalue weighted by Gasteiger charge is 2.36. The van der Waals surface area contributed by atoms with Crippen molar-refractivity contribution in [1.82, 2.24) is 15.5 Å². The molecule has 2 aliphatic heterocycles. The Balaban J connectivity index is 0.00000363. The Hall–Kier alpha value is -1.75. The number of ether oxygens (including phenoxy) is 3. The van der Waals surface area contributed by atoms with Gasteiger partial charge >= 0.3 is 6.09 Å². The van der Waals surface area contributed by atoms with Crippen molar-refractivity contribution in [2.75, 3.05) is 47.0 Å². The van der Waals surface area contributed by atoms with Gasteiger partial charge in [-0.2, -0.15) is 0 Å². The van der Waals surface area contributed by atoms with Gasteiger partial charge in [0, 0.05) is 45.3 Å². The number of nitrogens with one attached hydrogen (secondary N) is 2. The molecular formula is C23H37IN4O4. The van der Waals surface area contributed by atoms with Crippen LogP contribution in [-0.4, -0.2) is 75.6 Å². The van der Waals surface area contributed by atoms with E-state index in [0.717, 1.165) is 44.3 Å². The number of methoxy groups -OCH3 is 1. The Morgan fingerprint density at radius 1 is 1.22 bits per heavy atom. The summed E-state index contributed by atoms with van der Waals surface area (Å²) in [6, 6.07) is 8.47. The van der Waals surface area contributed by atoms with Gasteiger partial charge < -0.3 is 29.7 Å². The van der Waals surface area contributed by atoms with E-state index in [9.17, 15) is 4.79 Å². The summed E-state index contributed by atoms with van der Waals surface area (Å²) in [5.74, 6) is 1.60. The molecule has 2 saturated heterocycles. The molecule has 1 amide bonds. The van der Waals surface area contributed by atoms with E-state index in [1.54, 1.807) is 19.1 Å². The molecule has 2 fully saturated rings. The number of guanidine groups is 1. The van der Waals surface area contributed by atoms with Crippen molar-refractivity contribution in [3.63, 3.8) is 0 Å². The van der Waals surface area contributed by atoms with Gasteiger partial charge in [0.15, 0.2) is 5.96 Å². The molecule has 2 aliphatic rings. The van der Waals surface area contributed by atoms with Crippen molar-refractivity contribution >= 4 is 36.0 Å². The van der Waals surface area contributed by atoms with Gasteiger partial charge in [0.1, 0.15) is 11.4 Å². The van der Waals surface area contributed by atoms with Gasteiger partial charge in [-0.1, -0.05) is 12.1 Å². The first-order valence-electron chi connectivity index (χ1n) is 10.9. The first kappa shape index (κ1) is 26.5. The predicted octanol–water partition coefficient (Wildman–Crippen LogP) is 3.15. The fourth-order valence-electron chi connectivity index (χ4n) is 3.96. The lowest BCUT2D eigenvalue weighted by atomic mass is 9.74. The van der Waals surface area contributed by atoms with Crippen LogP contribution in [0.5, 0.6) is 5.75 Å². The Bertz CT molecular complexity index is 767. The summed E-state index contributed by atoms with van der Waals surface area (Å²) in [5.41, 5.74) is 0.774. The number of nitrogens with zero attached hydrogens (tertiary/aromatic N) is 2. The van der Waals surface area contributed by atoms with Gasteiger partial charge in [0.2, 0.25) is 0 Å². The fraction of sp³-hybridized carbons (Fsp3) is 0.652. The minimum Gasteiger partial charge on any atom is -0.497 e. The van der Waals surface area contributed by atoms with Gasteiger partial charge in [-0.15, -0.1) is 24.0 Å². The van der Waals surface area contributed by atoms with E-state index in [-0.39, 0.29) is 41.5 Å². The lowest BCUT2D eigenvalue weighted by molar-refractivity contribution is 0.00699. The molecule has 0 aromatic heterocycles. The van der Waals surface area contributed by atoms with Gasteiger partial charge in [0.05, 0.1) is 13.2 Å². The van der Waals surface area contributed by atoms with E-state index in [1.165, 1.54) is 5.56 Å². The molecule has 0 bridgehead atoms. The van der Waals surface area contributed by atoms with E-state index < -0.39 is 5.60 Å². The summed E-state index contributed by atoms with van der Waals surface area (Å²) in [4.78, 5) is 18.2. The number of carbonyl (C=O) groups excluding carboxylic acids is 1. The van der Waals surface area contributed by atoms with Crippen LogP contribution in [-0.2, 0) is 14.9 Å². The van der Waals surface area contributed by atoms with Crippen LogP contribution in [0.25, 0.3) is 0 Å². The Labute approximate surface area is 208 Å². The van der Waals surface area contributed by atoms with Gasteiger partial charge in [-0.3, -0.25) is 4.99 Å². The lowest BCUT2D eigenvalue weighted by Gasteiger charge is -2.41. The largest absolute Gasteiger partial charge is 0.497 e. The monoisotopic (exact) mass is 560 g/mol. The van der Waals surface area contributed by atoms with E-state index in [0.29, 0.717) is 13.1 Å². The number of aliphatic imine (C=N–C) groups is 1. The third kappa shape index (κ3) is 6.87. The molecule has 1 aromatic rings. The van der Waals surface area contributed by atoms with Gasteiger partial charge in [0.25, 0.3) is 0 Å². The van der Waals surface area contributed by atoms with Crippen molar-refractivity contribution in [3.8, 4) is 5.75 Å². The van der Waals surface area contributed by atoms with Crippen LogP contribution in [0.4, 0.5) is 4.79 Å². The molecule has 1 aromatic carbocycles. The number of carbonyl (C=O) groups is 1. The fourth-order valence-corrected chi connectivity index (χ4v) is 3.96. The third-order valence-electron chi connectivity index (χ3n) is 5.84. The number of hydrogen-bond acceptors (Lipinski definition) is 5. The highest BCUT2D eigenvalue weighted by molar-refractivity contribution is 14.0. The van der Waals surface area contributed by atoms with E-state index >= 15 is 0 Å². The summed E-state index contributed by atoms with van der Waals surface area (Å²) >= 11 is 0. The minimum atomic E-state index is -0.479. The van der Waals surface area contributed by atoms with E-state index in [4.69, 9.17) is 14.2 Å². The Morgan fingerprint density at radius 2 is 1.84 bits per heavy atom. The molecule has 32 heavy (non-hydrogen) atoms. The van der Waals surface area contributed by atoms with Crippen LogP contribution < -0.4 is 15.4 Å². The highest BCUT2D eigenvalue weighted by atomic mass is 127. The first-order valence-corrected chi connectivity index (χ1v) is 10.9. The summed E-state index contributed by atoms with van der Waals surface area (Å²) in [6.07, 6.45) is 1.62. The summed E-state index contributed by atoms with van der Waals surface area (Å²) in [7, 11) is 3.45. The molecule has 0 saturated carbocycles. The van der Waals surface area contributed by atoms with E-state index in [1.807, 2.05) is 32.9 Å². The normalized spacial score (nSPS) is 18.8. The maximum Gasteiger partial charge on any atom is 0.410 e. The molecule has 0 atom stereocenters. The number of likely N-dealkylation sites (tertiary alicyclic amines) is 1. The summed E-state index contributed by atoms with van der Waals surface area (Å²) in [5, 5.41) is 6.92. The molecule has 9 heteroatoms. The zero-order valence-corrected chi connectivity index (χ0v) is 22.1. The van der Waals surface area contributed by atoms with Crippen molar-refractivity contribution in [2.45, 2.75) is 50.7 Å². The second-order valence-electron chi connectivity index (χ2n) is 9.27. The number of hydrogen-bond donors (Lipinski definition) is 2. The molecule has 0 spiro atoms. The highest BCUT2D eigenvalue weighted by Crippen LogP contribution is 2.35. The zero-order valence-electron chi connectivity index (χ0n) is 19.8. The molecule has 2 N–H and O–H groups in total. The van der Waals surface area contributed by atoms with Crippen molar-refractivity contribution in [1.29, 1.82) is 0 Å². The quantitative estimate of drug-likeness (QED) is 0.327. The maximum absolute atomic E-state index is 12.1. The topological polar surface area (TPSA) is 84.4 Å². The zero-order chi connectivity index (χ0) is 22.5. The van der Waals surface area contributed by atoms with Crippen LogP contribution in [0, 0.1) is 0 Å². The number of amides is 1. The van der Waals surface area contributed by atoms with Crippen molar-refractivity contribution in [3.05, 3.63) is 29.8 Å². The molecular weight excluding hydrogens is 523 g/mol. The standard InChI is InChI=1S/C23H36N4O4.HI/c1-22(2,3)31-21(28)27-14-18(15-27)26-20(24-4)25-16-23(10-12-30-13-11-23)17-6-8-19(29-5)9-7-17;/h6-9,18H,10-16H2,1-5H3,(H2,24,25,26);1H. The molecule has 0 aliphatic carbocycles. The average molecular weight is 560 g/mol. The molecule has 3 rings (SSSR count). The number of rotatable bonds is 5. The summed E-state index contributed by atoms with van der Waals surface area (Å²) < 4.78 is 16.4. The van der Waals surface area contributed by atoms with Crippen molar-refractivity contribution < 1.29 is 19.0 Å².